The van der Waals surface area contributed by atoms with Crippen molar-refractivity contribution in [1.82, 2.24) is 24.9 Å². The van der Waals surface area contributed by atoms with Crippen molar-refractivity contribution in [3.05, 3.63) is 0 Å². The molecule has 4 fully saturated rings. The Bertz CT molecular complexity index is 535. The molecule has 7 heteroatoms. The Kier molecular flexibility index (Phi) is 6.99. The van der Waals surface area contributed by atoms with Gasteiger partial charge in [-0.1, -0.05) is 0 Å². The van der Waals surface area contributed by atoms with E-state index < -0.39 is 0 Å². The van der Waals surface area contributed by atoms with Gasteiger partial charge in [0.25, 0.3) is 0 Å². The molecular weight excluding hydrogens is 366 g/mol. The van der Waals surface area contributed by atoms with Crippen LogP contribution in [-0.4, -0.2) is 115 Å². The maximum atomic E-state index is 12.5. The molecule has 4 saturated heterocycles. The van der Waals surface area contributed by atoms with Gasteiger partial charge in [0.05, 0.1) is 6.54 Å². The first kappa shape index (κ1) is 21.3. The Hall–Kier alpha value is -0.890. The fourth-order valence-corrected chi connectivity index (χ4v) is 5.58. The third-order valence-corrected chi connectivity index (χ3v) is 7.61. The maximum absolute atomic E-state index is 12.5. The zero-order valence-electron chi connectivity index (χ0n) is 18.6. The van der Waals surface area contributed by atoms with Gasteiger partial charge in [0.1, 0.15) is 5.60 Å². The van der Waals surface area contributed by atoms with Crippen molar-refractivity contribution in [2.24, 2.45) is 0 Å². The van der Waals surface area contributed by atoms with E-state index in [1.54, 1.807) is 0 Å². The lowest BCUT2D eigenvalue weighted by Crippen LogP contribution is -2.52. The molecule has 29 heavy (non-hydrogen) atoms. The van der Waals surface area contributed by atoms with Crippen molar-refractivity contribution in [2.45, 2.75) is 63.6 Å². The number of likely N-dealkylation sites (tertiary alicyclic amines) is 1. The number of carbonyl (C=O) groups is 1. The van der Waals surface area contributed by atoms with Gasteiger partial charge in [0, 0.05) is 70.7 Å². The van der Waals surface area contributed by atoms with Crippen LogP contribution in [0.1, 0.15) is 46.0 Å². The predicted molar refractivity (Wildman–Crippen MR) is 115 cm³/mol. The van der Waals surface area contributed by atoms with Gasteiger partial charge in [-0.3, -0.25) is 9.80 Å². The summed E-state index contributed by atoms with van der Waals surface area (Å²) in [6.07, 6.45) is 5.47. The van der Waals surface area contributed by atoms with Crippen molar-refractivity contribution >= 4 is 6.09 Å². The topological polar surface area (TPSA) is 51.3 Å². The SMILES string of the molecule is CC(C)N1CCN(CCCN2CC3(CCN(C4CCNCC4)CC3)OC2=O)CC1. The van der Waals surface area contributed by atoms with Crippen LogP contribution in [0.4, 0.5) is 4.79 Å². The van der Waals surface area contributed by atoms with Crippen LogP contribution in [0.5, 0.6) is 0 Å². The zero-order valence-corrected chi connectivity index (χ0v) is 18.6. The minimum absolute atomic E-state index is 0.0788. The number of hydrogen-bond donors (Lipinski definition) is 1. The van der Waals surface area contributed by atoms with Crippen molar-refractivity contribution in [3.63, 3.8) is 0 Å². The van der Waals surface area contributed by atoms with E-state index in [2.05, 4.69) is 33.9 Å². The number of carbonyl (C=O) groups excluding carboxylic acids is 1. The number of hydrogen-bond acceptors (Lipinski definition) is 6. The summed E-state index contributed by atoms with van der Waals surface area (Å²) >= 11 is 0. The first-order chi connectivity index (χ1) is 14.0. The molecule has 0 aliphatic carbocycles. The highest BCUT2D eigenvalue weighted by atomic mass is 16.6. The van der Waals surface area contributed by atoms with E-state index >= 15 is 0 Å². The Balaban J connectivity index is 1.17. The highest BCUT2D eigenvalue weighted by molar-refractivity contribution is 5.70. The predicted octanol–water partition coefficient (Wildman–Crippen LogP) is 1.44. The minimum atomic E-state index is -0.219. The second kappa shape index (κ2) is 9.50. The fourth-order valence-electron chi connectivity index (χ4n) is 5.58. The molecular formula is C22H41N5O2. The molecule has 1 N–H and O–H groups in total. The molecule has 1 amide bonds. The van der Waals surface area contributed by atoms with Gasteiger partial charge in [0.15, 0.2) is 0 Å². The second-order valence-electron chi connectivity index (χ2n) is 9.81. The van der Waals surface area contributed by atoms with Gasteiger partial charge in [-0.2, -0.15) is 0 Å². The average Bonchev–Trinajstić information content (AvgIpc) is 3.04. The van der Waals surface area contributed by atoms with Gasteiger partial charge in [0.2, 0.25) is 0 Å². The molecule has 166 valence electrons. The Morgan fingerprint density at radius 3 is 2.38 bits per heavy atom. The van der Waals surface area contributed by atoms with E-state index in [9.17, 15) is 4.79 Å². The molecule has 0 aromatic heterocycles. The van der Waals surface area contributed by atoms with Crippen LogP contribution in [0, 0.1) is 0 Å². The summed E-state index contributed by atoms with van der Waals surface area (Å²) in [5.41, 5.74) is -0.219. The smallest absolute Gasteiger partial charge is 0.410 e. The van der Waals surface area contributed by atoms with E-state index in [0.717, 1.165) is 84.2 Å². The van der Waals surface area contributed by atoms with E-state index in [0.29, 0.717) is 6.04 Å². The third kappa shape index (κ3) is 5.24. The molecule has 4 heterocycles. The number of nitrogens with zero attached hydrogens (tertiary/aromatic N) is 4. The first-order valence-electron chi connectivity index (χ1n) is 11.9. The lowest BCUT2D eigenvalue weighted by atomic mass is 9.89. The van der Waals surface area contributed by atoms with Crippen LogP contribution in [0.3, 0.4) is 0 Å². The number of piperazine rings is 1. The molecule has 0 saturated carbocycles. The van der Waals surface area contributed by atoms with E-state index in [1.165, 1.54) is 25.9 Å². The van der Waals surface area contributed by atoms with Crippen molar-refractivity contribution in [2.75, 3.05) is 72.0 Å². The second-order valence-corrected chi connectivity index (χ2v) is 9.81. The molecule has 0 bridgehead atoms. The third-order valence-electron chi connectivity index (χ3n) is 7.61. The molecule has 4 rings (SSSR count). The van der Waals surface area contributed by atoms with Gasteiger partial charge >= 0.3 is 6.09 Å². The zero-order chi connectivity index (χ0) is 20.3. The molecule has 7 nitrogen and oxygen atoms in total. The summed E-state index contributed by atoms with van der Waals surface area (Å²) in [6, 6.07) is 1.37. The molecule has 4 aliphatic rings. The lowest BCUT2D eigenvalue weighted by Gasteiger charge is -2.42. The molecule has 0 atom stereocenters. The normalized spacial score (nSPS) is 27.8. The summed E-state index contributed by atoms with van der Waals surface area (Å²) in [7, 11) is 0. The van der Waals surface area contributed by atoms with Crippen LogP contribution in [0.15, 0.2) is 0 Å². The molecule has 4 aliphatic heterocycles. The van der Waals surface area contributed by atoms with Crippen LogP contribution in [0.25, 0.3) is 0 Å². The monoisotopic (exact) mass is 407 g/mol. The average molecular weight is 408 g/mol. The standard InChI is InChI=1S/C22H41N5O2/c1-19(2)25-16-14-24(15-17-25)10-3-11-27-18-22(29-21(27)28)6-12-26(13-7-22)20-4-8-23-9-5-20/h19-20,23H,3-18H2,1-2H3. The Labute approximate surface area is 176 Å². The van der Waals surface area contributed by atoms with Gasteiger partial charge in [-0.25, -0.2) is 4.79 Å². The van der Waals surface area contributed by atoms with E-state index in [-0.39, 0.29) is 11.7 Å². The highest BCUT2D eigenvalue weighted by Crippen LogP contribution is 2.34. The summed E-state index contributed by atoms with van der Waals surface area (Å²) in [6.45, 7) is 16.4. The van der Waals surface area contributed by atoms with Crippen LogP contribution >= 0.6 is 0 Å². The Morgan fingerprint density at radius 2 is 1.72 bits per heavy atom. The van der Waals surface area contributed by atoms with Crippen LogP contribution < -0.4 is 5.32 Å². The molecule has 0 unspecified atom stereocenters. The number of piperidine rings is 2. The highest BCUT2D eigenvalue weighted by Gasteiger charge is 2.47. The van der Waals surface area contributed by atoms with Crippen LogP contribution in [-0.2, 0) is 4.74 Å². The van der Waals surface area contributed by atoms with E-state index in [4.69, 9.17) is 4.74 Å². The molecule has 0 aromatic carbocycles. The largest absolute Gasteiger partial charge is 0.441 e. The van der Waals surface area contributed by atoms with Gasteiger partial charge in [-0.15, -0.1) is 0 Å². The number of ether oxygens (including phenoxy) is 1. The maximum Gasteiger partial charge on any atom is 0.410 e. The summed E-state index contributed by atoms with van der Waals surface area (Å²) in [5, 5.41) is 3.46. The number of rotatable bonds is 6. The van der Waals surface area contributed by atoms with Gasteiger partial charge in [-0.05, 0) is 52.7 Å². The quantitative estimate of drug-likeness (QED) is 0.719. The van der Waals surface area contributed by atoms with E-state index in [1.807, 2.05) is 4.90 Å². The number of amides is 1. The lowest BCUT2D eigenvalue weighted by molar-refractivity contribution is -0.0135. The summed E-state index contributed by atoms with van der Waals surface area (Å²) in [5.74, 6) is 0. The molecule has 1 spiro atoms. The van der Waals surface area contributed by atoms with Crippen molar-refractivity contribution < 1.29 is 9.53 Å². The van der Waals surface area contributed by atoms with Crippen LogP contribution in [0.2, 0.25) is 0 Å². The number of nitrogens with one attached hydrogen (secondary N) is 1. The Morgan fingerprint density at radius 1 is 1.03 bits per heavy atom. The summed E-state index contributed by atoms with van der Waals surface area (Å²) in [4.78, 5) is 22.2. The van der Waals surface area contributed by atoms with Crippen molar-refractivity contribution in [1.29, 1.82) is 0 Å². The minimum Gasteiger partial charge on any atom is -0.441 e. The first-order valence-corrected chi connectivity index (χ1v) is 11.9. The fraction of sp³-hybridized carbons (Fsp3) is 0.955. The molecule has 0 radical (unpaired) electrons. The van der Waals surface area contributed by atoms with Gasteiger partial charge < -0.3 is 19.9 Å². The summed E-state index contributed by atoms with van der Waals surface area (Å²) < 4.78 is 5.95. The molecule has 0 aromatic rings. The van der Waals surface area contributed by atoms with Crippen molar-refractivity contribution in [3.8, 4) is 0 Å².